The third kappa shape index (κ3) is 3.65. The molecule has 2 N–H and O–H groups in total. The fourth-order valence-corrected chi connectivity index (χ4v) is 3.61. The normalized spacial score (nSPS) is 22.5. The molecule has 0 bridgehead atoms. The Morgan fingerprint density at radius 3 is 2.65 bits per heavy atom. The molecule has 26 heavy (non-hydrogen) atoms. The number of hydrogen-bond acceptors (Lipinski definition) is 4. The Bertz CT molecular complexity index is 891. The van der Waals surface area contributed by atoms with Gasteiger partial charge in [0.2, 0.25) is 5.91 Å². The Labute approximate surface area is 153 Å². The summed E-state index contributed by atoms with van der Waals surface area (Å²) in [7, 11) is 0. The molecule has 0 unspecified atom stereocenters. The Balaban J connectivity index is 1.87. The molecule has 0 radical (unpaired) electrons. The Morgan fingerprint density at radius 2 is 2.08 bits per heavy atom. The lowest BCUT2D eigenvalue weighted by Crippen LogP contribution is -2.54. The van der Waals surface area contributed by atoms with Gasteiger partial charge in [0, 0.05) is 11.4 Å². The van der Waals surface area contributed by atoms with Crippen LogP contribution in [0.4, 0.5) is 0 Å². The van der Waals surface area contributed by atoms with Crippen LogP contribution < -0.4 is 10.9 Å². The van der Waals surface area contributed by atoms with Gasteiger partial charge in [-0.1, -0.05) is 26.8 Å². The number of hydrogen-bond donors (Lipinski definition) is 2. The van der Waals surface area contributed by atoms with Crippen LogP contribution in [0, 0.1) is 0 Å². The summed E-state index contributed by atoms with van der Waals surface area (Å²) in [5, 5.41) is 18.5. The molecular formula is C20H27N3O3. The third-order valence-electron chi connectivity index (χ3n) is 5.09. The van der Waals surface area contributed by atoms with Crippen molar-refractivity contribution in [3.63, 3.8) is 0 Å². The lowest BCUT2D eigenvalue weighted by molar-refractivity contribution is -0.125. The van der Waals surface area contributed by atoms with E-state index in [9.17, 15) is 14.7 Å². The molecule has 6 heteroatoms. The van der Waals surface area contributed by atoms with Gasteiger partial charge in [-0.15, -0.1) is 0 Å². The van der Waals surface area contributed by atoms with Crippen molar-refractivity contribution in [1.29, 1.82) is 0 Å². The monoisotopic (exact) mass is 357 g/mol. The summed E-state index contributed by atoms with van der Waals surface area (Å²) in [4.78, 5) is 25.0. The van der Waals surface area contributed by atoms with E-state index in [1.165, 1.54) is 10.2 Å². The lowest BCUT2D eigenvalue weighted by Gasteiger charge is -2.41. The largest absolute Gasteiger partial charge is 0.390 e. The first-order chi connectivity index (χ1) is 12.2. The fourth-order valence-electron chi connectivity index (χ4n) is 3.61. The topological polar surface area (TPSA) is 84.2 Å². The Hall–Kier alpha value is -2.21. The van der Waals surface area contributed by atoms with Crippen molar-refractivity contribution in [2.24, 2.45) is 0 Å². The fraction of sp³-hybridized carbons (Fsp3) is 0.550. The van der Waals surface area contributed by atoms with Gasteiger partial charge in [-0.25, -0.2) is 4.68 Å². The van der Waals surface area contributed by atoms with E-state index in [1.807, 2.05) is 25.1 Å². The number of carbonyl (C=O) groups is 1. The maximum Gasteiger partial charge on any atom is 0.275 e. The summed E-state index contributed by atoms with van der Waals surface area (Å²) < 4.78 is 1.25. The minimum Gasteiger partial charge on any atom is -0.390 e. The molecule has 6 nitrogen and oxygen atoms in total. The van der Waals surface area contributed by atoms with Crippen molar-refractivity contribution >= 4 is 16.7 Å². The van der Waals surface area contributed by atoms with Crippen LogP contribution in [0.1, 0.15) is 57.7 Å². The number of fused-ring (bicyclic) bond motifs is 1. The minimum atomic E-state index is -0.695. The quantitative estimate of drug-likeness (QED) is 0.858. The summed E-state index contributed by atoms with van der Waals surface area (Å²) in [6, 6.07) is 5.81. The summed E-state index contributed by atoms with van der Waals surface area (Å²) in [5.74, 6) is 0.123. The van der Waals surface area contributed by atoms with E-state index in [2.05, 4.69) is 24.3 Å². The number of aliphatic hydroxyl groups is 1. The number of nitrogens with one attached hydrogen (secondary N) is 1. The van der Waals surface area contributed by atoms with Crippen LogP contribution in [0.25, 0.3) is 10.8 Å². The van der Waals surface area contributed by atoms with Crippen LogP contribution in [-0.2, 0) is 17.8 Å². The van der Waals surface area contributed by atoms with E-state index in [-0.39, 0.29) is 24.1 Å². The zero-order valence-electron chi connectivity index (χ0n) is 15.9. The van der Waals surface area contributed by atoms with Crippen molar-refractivity contribution < 1.29 is 9.90 Å². The van der Waals surface area contributed by atoms with Gasteiger partial charge in [0.25, 0.3) is 5.56 Å². The van der Waals surface area contributed by atoms with Crippen LogP contribution in [0.3, 0.4) is 0 Å². The van der Waals surface area contributed by atoms with Crippen LogP contribution in [0.5, 0.6) is 0 Å². The first-order valence-corrected chi connectivity index (χ1v) is 9.25. The average Bonchev–Trinajstić information content (AvgIpc) is 2.55. The molecule has 1 aromatic heterocycles. The summed E-state index contributed by atoms with van der Waals surface area (Å²) in [6.07, 6.45) is 1.76. The summed E-state index contributed by atoms with van der Waals surface area (Å²) in [5.41, 5.74) is 1.05. The minimum absolute atomic E-state index is 0.0343. The molecule has 1 aromatic carbocycles. The molecule has 0 aliphatic heterocycles. The molecule has 2 aromatic rings. The molecule has 1 heterocycles. The van der Waals surface area contributed by atoms with Crippen molar-refractivity contribution in [2.75, 3.05) is 0 Å². The average molecular weight is 357 g/mol. The van der Waals surface area contributed by atoms with Crippen molar-refractivity contribution in [3.05, 3.63) is 39.8 Å². The molecular weight excluding hydrogens is 330 g/mol. The highest BCUT2D eigenvalue weighted by Crippen LogP contribution is 2.31. The number of nitrogens with zero attached hydrogens (tertiary/aromatic N) is 2. The van der Waals surface area contributed by atoms with Crippen molar-refractivity contribution in [3.8, 4) is 0 Å². The van der Waals surface area contributed by atoms with Gasteiger partial charge < -0.3 is 10.4 Å². The molecule has 1 aliphatic rings. The van der Waals surface area contributed by atoms with Crippen LogP contribution in [0.2, 0.25) is 0 Å². The molecule has 1 aliphatic carbocycles. The standard InChI is InChI=1S/C20H27N3O3/c1-5-17-16-8-13(12(2)3)6-7-15(16)19(25)23(22-17)11-18(24)21-14-9-20(4,26)10-14/h6-8,12,14,26H,5,9-11H2,1-4H3,(H,21,24). The van der Waals surface area contributed by atoms with Crippen LogP contribution in [-0.4, -0.2) is 32.4 Å². The Morgan fingerprint density at radius 1 is 1.38 bits per heavy atom. The zero-order chi connectivity index (χ0) is 19.1. The maximum absolute atomic E-state index is 12.8. The van der Waals surface area contributed by atoms with Gasteiger partial charge in [0.1, 0.15) is 6.54 Å². The number of rotatable bonds is 5. The number of benzene rings is 1. The second-order valence-corrected chi connectivity index (χ2v) is 7.89. The SMILES string of the molecule is CCc1nn(CC(=O)NC2CC(C)(O)C2)c(=O)c2ccc(C(C)C)cc12. The molecule has 0 spiro atoms. The summed E-state index contributed by atoms with van der Waals surface area (Å²) in [6.45, 7) is 7.87. The highest BCUT2D eigenvalue weighted by Gasteiger charge is 2.39. The second kappa shape index (κ2) is 6.83. The van der Waals surface area contributed by atoms with Gasteiger partial charge in [-0.3, -0.25) is 9.59 Å². The predicted molar refractivity (Wildman–Crippen MR) is 101 cm³/mol. The van der Waals surface area contributed by atoms with Gasteiger partial charge in [-0.05, 0) is 49.8 Å². The highest BCUT2D eigenvalue weighted by atomic mass is 16.3. The number of aryl methyl sites for hydroxylation is 1. The first kappa shape index (κ1) is 18.6. The molecule has 140 valence electrons. The zero-order valence-corrected chi connectivity index (χ0v) is 15.9. The van der Waals surface area contributed by atoms with Crippen molar-refractivity contribution in [2.45, 2.75) is 71.1 Å². The van der Waals surface area contributed by atoms with Crippen LogP contribution in [0.15, 0.2) is 23.0 Å². The van der Waals surface area contributed by atoms with E-state index < -0.39 is 5.60 Å². The molecule has 1 fully saturated rings. The van der Waals surface area contributed by atoms with Crippen molar-refractivity contribution in [1.82, 2.24) is 15.1 Å². The van der Waals surface area contributed by atoms with E-state index in [0.717, 1.165) is 11.1 Å². The summed E-state index contributed by atoms with van der Waals surface area (Å²) >= 11 is 0. The lowest BCUT2D eigenvalue weighted by atomic mass is 9.77. The molecule has 1 amide bonds. The van der Waals surface area contributed by atoms with Crippen LogP contribution >= 0.6 is 0 Å². The van der Waals surface area contributed by atoms with E-state index >= 15 is 0 Å². The smallest absolute Gasteiger partial charge is 0.275 e. The number of carbonyl (C=O) groups excluding carboxylic acids is 1. The third-order valence-corrected chi connectivity index (χ3v) is 5.09. The molecule has 0 saturated heterocycles. The molecule has 0 atom stereocenters. The van der Waals surface area contributed by atoms with E-state index in [1.54, 1.807) is 6.92 Å². The van der Waals surface area contributed by atoms with Gasteiger partial charge in [0.15, 0.2) is 0 Å². The van der Waals surface area contributed by atoms with Gasteiger partial charge in [-0.2, -0.15) is 5.10 Å². The highest BCUT2D eigenvalue weighted by molar-refractivity contribution is 5.85. The van der Waals surface area contributed by atoms with Gasteiger partial charge >= 0.3 is 0 Å². The number of aromatic nitrogens is 2. The maximum atomic E-state index is 12.8. The van der Waals surface area contributed by atoms with Gasteiger partial charge in [0.05, 0.1) is 16.7 Å². The molecule has 1 saturated carbocycles. The first-order valence-electron chi connectivity index (χ1n) is 9.25. The number of amides is 1. The van der Waals surface area contributed by atoms with E-state index in [4.69, 9.17) is 0 Å². The Kier molecular flexibility index (Phi) is 4.88. The second-order valence-electron chi connectivity index (χ2n) is 7.89. The van der Waals surface area contributed by atoms with E-state index in [0.29, 0.717) is 30.6 Å². The predicted octanol–water partition coefficient (Wildman–Crippen LogP) is 2.11. The molecule has 3 rings (SSSR count).